The topological polar surface area (TPSA) is 30.0 Å². The summed E-state index contributed by atoms with van der Waals surface area (Å²) in [4.78, 5) is 7.86. The Morgan fingerprint density at radius 1 is 0.833 bits per heavy atom. The van der Waals surface area contributed by atoms with E-state index in [0.717, 1.165) is 37.3 Å². The van der Waals surface area contributed by atoms with E-state index in [1.54, 1.807) is 0 Å². The van der Waals surface area contributed by atoms with Crippen molar-refractivity contribution in [2.45, 2.75) is 51.9 Å². The zero-order valence-electron chi connectivity index (χ0n) is 15.3. The number of benzene rings is 1. The summed E-state index contributed by atoms with van der Waals surface area (Å²) in [5.74, 6) is 0. The highest BCUT2D eigenvalue weighted by molar-refractivity contribution is 5.21. The van der Waals surface area contributed by atoms with Crippen LogP contribution in [-0.4, -0.2) is 71.2 Å². The Labute approximate surface area is 147 Å². The molecule has 1 aromatic rings. The number of hydrogen-bond donors (Lipinski definition) is 1. The highest BCUT2D eigenvalue weighted by Gasteiger charge is 2.27. The van der Waals surface area contributed by atoms with Gasteiger partial charge in [0.1, 0.15) is 0 Å². The third kappa shape index (κ3) is 4.57. The maximum atomic E-state index is 9.12. The first kappa shape index (κ1) is 17.9. The molecule has 0 saturated carbocycles. The molecule has 0 amide bonds. The van der Waals surface area contributed by atoms with Crippen molar-refractivity contribution in [3.8, 4) is 0 Å². The summed E-state index contributed by atoms with van der Waals surface area (Å²) in [6.07, 6.45) is 2.73. The van der Waals surface area contributed by atoms with Crippen LogP contribution in [0.3, 0.4) is 0 Å². The Bertz CT molecular complexity index is 486. The summed E-state index contributed by atoms with van der Waals surface area (Å²) in [7, 11) is 0. The van der Waals surface area contributed by atoms with Crippen LogP contribution in [0.5, 0.6) is 0 Å². The molecule has 2 unspecified atom stereocenters. The molecule has 4 nitrogen and oxygen atoms in total. The van der Waals surface area contributed by atoms with Gasteiger partial charge in [-0.2, -0.15) is 0 Å². The highest BCUT2D eigenvalue weighted by Crippen LogP contribution is 2.23. The molecule has 0 aromatic heterocycles. The van der Waals surface area contributed by atoms with Crippen LogP contribution in [0.15, 0.2) is 24.3 Å². The van der Waals surface area contributed by atoms with Gasteiger partial charge >= 0.3 is 0 Å². The van der Waals surface area contributed by atoms with Gasteiger partial charge in [0, 0.05) is 57.9 Å². The molecule has 0 bridgehead atoms. The van der Waals surface area contributed by atoms with Gasteiger partial charge in [0.05, 0.1) is 6.61 Å². The smallest absolute Gasteiger partial charge is 0.0681 e. The minimum Gasteiger partial charge on any atom is -0.392 e. The first-order valence-corrected chi connectivity index (χ1v) is 9.55. The van der Waals surface area contributed by atoms with E-state index < -0.39 is 0 Å². The fourth-order valence-electron chi connectivity index (χ4n) is 4.13. The van der Waals surface area contributed by atoms with E-state index >= 15 is 0 Å². The van der Waals surface area contributed by atoms with Crippen LogP contribution < -0.4 is 0 Å². The van der Waals surface area contributed by atoms with Crippen molar-refractivity contribution < 1.29 is 5.11 Å². The molecule has 2 aliphatic heterocycles. The number of hydrogen-bond acceptors (Lipinski definition) is 4. The second-order valence-electron chi connectivity index (χ2n) is 7.61. The van der Waals surface area contributed by atoms with Crippen molar-refractivity contribution in [2.75, 3.05) is 39.3 Å². The fourth-order valence-corrected chi connectivity index (χ4v) is 4.13. The van der Waals surface area contributed by atoms with E-state index in [1.165, 1.54) is 44.6 Å². The molecule has 4 heteroatoms. The zero-order valence-corrected chi connectivity index (χ0v) is 15.3. The summed E-state index contributed by atoms with van der Waals surface area (Å²) in [6.45, 7) is 13.1. The van der Waals surface area contributed by atoms with Gasteiger partial charge in [-0.1, -0.05) is 24.3 Å². The molecule has 1 N–H and O–H groups in total. The lowest BCUT2D eigenvalue weighted by molar-refractivity contribution is 0.106. The second-order valence-corrected chi connectivity index (χ2v) is 7.61. The highest BCUT2D eigenvalue weighted by atomic mass is 16.3. The van der Waals surface area contributed by atoms with Gasteiger partial charge in [-0.3, -0.25) is 14.7 Å². The Morgan fingerprint density at radius 3 is 1.96 bits per heavy atom. The predicted molar refractivity (Wildman–Crippen MR) is 98.9 cm³/mol. The minimum absolute atomic E-state index is 0.132. The Morgan fingerprint density at radius 2 is 1.38 bits per heavy atom. The molecule has 0 radical (unpaired) electrons. The van der Waals surface area contributed by atoms with Gasteiger partial charge in [-0.25, -0.2) is 0 Å². The Kier molecular flexibility index (Phi) is 6.28. The number of piperazine rings is 1. The molecule has 0 aliphatic carbocycles. The molecular formula is C20H33N3O. The van der Waals surface area contributed by atoms with Gasteiger partial charge < -0.3 is 5.11 Å². The van der Waals surface area contributed by atoms with Crippen LogP contribution in [0.1, 0.15) is 37.8 Å². The SMILES string of the molecule is CC1CCC(C)N1CCN1CCN(Cc2ccc(CO)cc2)CC1. The van der Waals surface area contributed by atoms with Crippen molar-refractivity contribution in [1.29, 1.82) is 0 Å². The Hall–Kier alpha value is -0.940. The van der Waals surface area contributed by atoms with Crippen LogP contribution in [0.4, 0.5) is 0 Å². The van der Waals surface area contributed by atoms with Gasteiger partial charge in [0.15, 0.2) is 0 Å². The molecule has 3 rings (SSSR count). The summed E-state index contributed by atoms with van der Waals surface area (Å²) in [6, 6.07) is 9.89. The number of rotatable bonds is 6. The lowest BCUT2D eigenvalue weighted by Crippen LogP contribution is -2.48. The number of aliphatic hydroxyl groups excluding tert-OH is 1. The van der Waals surface area contributed by atoms with Gasteiger partial charge in [-0.05, 0) is 37.8 Å². The van der Waals surface area contributed by atoms with E-state index in [4.69, 9.17) is 5.11 Å². The van der Waals surface area contributed by atoms with Crippen molar-refractivity contribution in [3.63, 3.8) is 0 Å². The molecule has 24 heavy (non-hydrogen) atoms. The summed E-state index contributed by atoms with van der Waals surface area (Å²) in [5, 5.41) is 9.12. The minimum atomic E-state index is 0.132. The lowest BCUT2D eigenvalue weighted by Gasteiger charge is -2.36. The first-order valence-electron chi connectivity index (χ1n) is 9.55. The molecule has 0 spiro atoms. The van der Waals surface area contributed by atoms with Crippen LogP contribution in [0, 0.1) is 0 Å². The van der Waals surface area contributed by atoms with E-state index in [0.29, 0.717) is 0 Å². The first-order chi connectivity index (χ1) is 11.7. The van der Waals surface area contributed by atoms with E-state index in [-0.39, 0.29) is 6.61 Å². The van der Waals surface area contributed by atoms with Crippen LogP contribution in [-0.2, 0) is 13.2 Å². The van der Waals surface area contributed by atoms with Crippen LogP contribution >= 0.6 is 0 Å². The quantitative estimate of drug-likeness (QED) is 0.865. The zero-order chi connectivity index (χ0) is 16.9. The molecule has 2 fully saturated rings. The van der Waals surface area contributed by atoms with E-state index in [9.17, 15) is 0 Å². The molecular weight excluding hydrogens is 298 g/mol. The molecule has 2 heterocycles. The van der Waals surface area contributed by atoms with Crippen LogP contribution in [0.25, 0.3) is 0 Å². The molecule has 2 atom stereocenters. The summed E-state index contributed by atoms with van der Waals surface area (Å²) < 4.78 is 0. The number of aliphatic hydroxyl groups is 1. The second kappa shape index (κ2) is 8.43. The number of nitrogens with zero attached hydrogens (tertiary/aromatic N) is 3. The van der Waals surface area contributed by atoms with Crippen molar-refractivity contribution in [2.24, 2.45) is 0 Å². The molecule has 2 saturated heterocycles. The number of likely N-dealkylation sites (tertiary alicyclic amines) is 1. The summed E-state index contributed by atoms with van der Waals surface area (Å²) in [5.41, 5.74) is 2.34. The third-order valence-corrected chi connectivity index (χ3v) is 5.89. The third-order valence-electron chi connectivity index (χ3n) is 5.89. The maximum Gasteiger partial charge on any atom is 0.0681 e. The Balaban J connectivity index is 1.39. The molecule has 134 valence electrons. The fraction of sp³-hybridized carbons (Fsp3) is 0.700. The van der Waals surface area contributed by atoms with E-state index in [1.807, 2.05) is 12.1 Å². The summed E-state index contributed by atoms with van der Waals surface area (Å²) >= 11 is 0. The average Bonchev–Trinajstić information content (AvgIpc) is 2.93. The largest absolute Gasteiger partial charge is 0.392 e. The average molecular weight is 332 g/mol. The molecule has 1 aromatic carbocycles. The van der Waals surface area contributed by atoms with Crippen molar-refractivity contribution in [1.82, 2.24) is 14.7 Å². The standard InChI is InChI=1S/C20H33N3O/c1-17-3-4-18(2)23(17)14-13-21-9-11-22(12-10-21)15-19-5-7-20(16-24)8-6-19/h5-8,17-18,24H,3-4,9-16H2,1-2H3. The molecule has 2 aliphatic rings. The monoisotopic (exact) mass is 331 g/mol. The van der Waals surface area contributed by atoms with Crippen LogP contribution in [0.2, 0.25) is 0 Å². The lowest BCUT2D eigenvalue weighted by atomic mass is 10.1. The van der Waals surface area contributed by atoms with Crippen molar-refractivity contribution >= 4 is 0 Å². The van der Waals surface area contributed by atoms with Gasteiger partial charge in [-0.15, -0.1) is 0 Å². The van der Waals surface area contributed by atoms with Crippen molar-refractivity contribution in [3.05, 3.63) is 35.4 Å². The van der Waals surface area contributed by atoms with Gasteiger partial charge in [0.2, 0.25) is 0 Å². The normalized spacial score (nSPS) is 27.0. The predicted octanol–water partition coefficient (Wildman–Crippen LogP) is 2.17. The van der Waals surface area contributed by atoms with Gasteiger partial charge in [0.25, 0.3) is 0 Å². The van der Waals surface area contributed by atoms with E-state index in [2.05, 4.69) is 40.7 Å². The maximum absolute atomic E-state index is 9.12.